The van der Waals surface area contributed by atoms with Crippen LogP contribution in [0.15, 0.2) is 17.4 Å². The maximum atomic E-state index is 10.8. The van der Waals surface area contributed by atoms with Crippen molar-refractivity contribution >= 4 is 11.5 Å². The van der Waals surface area contributed by atoms with E-state index in [1.165, 1.54) is 6.20 Å². The van der Waals surface area contributed by atoms with E-state index in [-0.39, 0.29) is 23.0 Å². The standard InChI is InChI=1S/C9H12N4O4/c1-2-3-17-9-7(13(15)16)4-6(5-11-9)8(10)12-14/h4-5,14H,2-3H2,1H3,(H2,10,12). The van der Waals surface area contributed by atoms with Gasteiger partial charge in [-0.2, -0.15) is 0 Å². The van der Waals surface area contributed by atoms with Crippen molar-refractivity contribution in [2.45, 2.75) is 13.3 Å². The molecule has 0 spiro atoms. The Bertz CT molecular complexity index is 447. The number of nitrogens with two attached hydrogens (primary N) is 1. The van der Waals surface area contributed by atoms with Crippen LogP contribution in [-0.4, -0.2) is 27.6 Å². The molecule has 0 aromatic carbocycles. The fourth-order valence-electron chi connectivity index (χ4n) is 1.08. The van der Waals surface area contributed by atoms with Gasteiger partial charge in [0.1, 0.15) is 0 Å². The summed E-state index contributed by atoms with van der Waals surface area (Å²) in [6, 6.07) is 1.15. The van der Waals surface area contributed by atoms with Gasteiger partial charge in [-0.1, -0.05) is 12.1 Å². The lowest BCUT2D eigenvalue weighted by Crippen LogP contribution is -2.14. The second-order valence-electron chi connectivity index (χ2n) is 3.14. The molecule has 0 aliphatic rings. The van der Waals surface area contributed by atoms with Crippen molar-refractivity contribution in [3.8, 4) is 5.88 Å². The summed E-state index contributed by atoms with van der Waals surface area (Å²) in [6.45, 7) is 2.20. The summed E-state index contributed by atoms with van der Waals surface area (Å²) < 4.78 is 5.12. The molecule has 1 aromatic heterocycles. The van der Waals surface area contributed by atoms with Crippen LogP contribution in [0, 0.1) is 10.1 Å². The van der Waals surface area contributed by atoms with E-state index in [1.807, 2.05) is 6.92 Å². The van der Waals surface area contributed by atoms with Gasteiger partial charge in [-0.15, -0.1) is 0 Å². The topological polar surface area (TPSA) is 124 Å². The van der Waals surface area contributed by atoms with Crippen molar-refractivity contribution in [2.75, 3.05) is 6.61 Å². The molecule has 0 atom stereocenters. The highest BCUT2D eigenvalue weighted by atomic mass is 16.6. The average Bonchev–Trinajstić information content (AvgIpc) is 2.35. The normalized spacial score (nSPS) is 11.2. The third kappa shape index (κ3) is 3.03. The van der Waals surface area contributed by atoms with Crippen molar-refractivity contribution in [1.29, 1.82) is 0 Å². The molecule has 92 valence electrons. The molecule has 0 aliphatic carbocycles. The van der Waals surface area contributed by atoms with E-state index in [1.54, 1.807) is 0 Å². The Morgan fingerprint density at radius 2 is 2.47 bits per heavy atom. The first-order valence-electron chi connectivity index (χ1n) is 4.85. The Balaban J connectivity index is 3.13. The number of amidine groups is 1. The third-order valence-electron chi connectivity index (χ3n) is 1.88. The minimum atomic E-state index is -0.633. The number of nitro groups is 1. The van der Waals surface area contributed by atoms with Crippen molar-refractivity contribution in [1.82, 2.24) is 4.98 Å². The van der Waals surface area contributed by atoms with Gasteiger partial charge in [-0.25, -0.2) is 4.98 Å². The highest BCUT2D eigenvalue weighted by molar-refractivity contribution is 5.97. The average molecular weight is 240 g/mol. The van der Waals surface area contributed by atoms with Crippen molar-refractivity contribution in [3.05, 3.63) is 27.9 Å². The maximum Gasteiger partial charge on any atom is 0.331 e. The highest BCUT2D eigenvalue weighted by Gasteiger charge is 2.18. The van der Waals surface area contributed by atoms with Crippen molar-refractivity contribution in [2.24, 2.45) is 10.9 Å². The van der Waals surface area contributed by atoms with Crippen LogP contribution < -0.4 is 10.5 Å². The van der Waals surface area contributed by atoms with Gasteiger partial charge in [0.25, 0.3) is 5.88 Å². The van der Waals surface area contributed by atoms with E-state index in [9.17, 15) is 10.1 Å². The number of ether oxygens (including phenoxy) is 1. The molecule has 0 bridgehead atoms. The number of rotatable bonds is 5. The molecule has 0 saturated carbocycles. The van der Waals surface area contributed by atoms with E-state index >= 15 is 0 Å². The van der Waals surface area contributed by atoms with Crippen LogP contribution in [0.4, 0.5) is 5.69 Å². The van der Waals surface area contributed by atoms with Gasteiger partial charge in [0.15, 0.2) is 5.84 Å². The van der Waals surface area contributed by atoms with Gasteiger partial charge < -0.3 is 15.7 Å². The van der Waals surface area contributed by atoms with Gasteiger partial charge in [-0.3, -0.25) is 10.1 Å². The van der Waals surface area contributed by atoms with Gasteiger partial charge in [0.2, 0.25) is 0 Å². The maximum absolute atomic E-state index is 10.8. The minimum Gasteiger partial charge on any atom is -0.473 e. The molecule has 1 heterocycles. The molecule has 0 saturated heterocycles. The van der Waals surface area contributed by atoms with E-state index in [0.29, 0.717) is 13.0 Å². The Morgan fingerprint density at radius 1 is 1.76 bits per heavy atom. The Labute approximate surface area is 96.9 Å². The second-order valence-corrected chi connectivity index (χ2v) is 3.14. The van der Waals surface area contributed by atoms with Crippen molar-refractivity contribution < 1.29 is 14.9 Å². The fraction of sp³-hybridized carbons (Fsp3) is 0.333. The monoisotopic (exact) mass is 240 g/mol. The predicted molar refractivity (Wildman–Crippen MR) is 59.2 cm³/mol. The quantitative estimate of drug-likeness (QED) is 0.259. The number of nitrogens with zero attached hydrogens (tertiary/aromatic N) is 3. The molecule has 0 radical (unpaired) electrons. The molecule has 0 fully saturated rings. The number of hydrogen-bond donors (Lipinski definition) is 2. The molecule has 1 rings (SSSR count). The van der Waals surface area contributed by atoms with Gasteiger partial charge in [0.05, 0.1) is 11.5 Å². The summed E-state index contributed by atoms with van der Waals surface area (Å²) in [7, 11) is 0. The molecule has 8 heteroatoms. The number of oxime groups is 1. The molecule has 17 heavy (non-hydrogen) atoms. The smallest absolute Gasteiger partial charge is 0.331 e. The molecular formula is C9H12N4O4. The highest BCUT2D eigenvalue weighted by Crippen LogP contribution is 2.25. The summed E-state index contributed by atoms with van der Waals surface area (Å²) in [4.78, 5) is 13.9. The van der Waals surface area contributed by atoms with E-state index in [2.05, 4.69) is 10.1 Å². The fourth-order valence-corrected chi connectivity index (χ4v) is 1.08. The summed E-state index contributed by atoms with van der Waals surface area (Å²) in [5.41, 5.74) is 5.15. The third-order valence-corrected chi connectivity index (χ3v) is 1.88. The second kappa shape index (κ2) is 5.64. The van der Waals surface area contributed by atoms with Crippen LogP contribution in [0.1, 0.15) is 18.9 Å². The first kappa shape index (κ1) is 12.7. The Morgan fingerprint density at radius 3 is 3.00 bits per heavy atom. The molecular weight excluding hydrogens is 228 g/mol. The Hall–Kier alpha value is -2.38. The zero-order valence-electron chi connectivity index (χ0n) is 9.16. The van der Waals surface area contributed by atoms with Crippen LogP contribution in [0.25, 0.3) is 0 Å². The van der Waals surface area contributed by atoms with Gasteiger partial charge in [-0.05, 0) is 6.42 Å². The van der Waals surface area contributed by atoms with Crippen molar-refractivity contribution in [3.63, 3.8) is 0 Å². The largest absolute Gasteiger partial charge is 0.473 e. The van der Waals surface area contributed by atoms with E-state index in [4.69, 9.17) is 15.7 Å². The number of pyridine rings is 1. The van der Waals surface area contributed by atoms with Crippen LogP contribution in [0.2, 0.25) is 0 Å². The Kier molecular flexibility index (Phi) is 4.21. The summed E-state index contributed by atoms with van der Waals surface area (Å²) in [5, 5.41) is 22.0. The lowest BCUT2D eigenvalue weighted by atomic mass is 10.2. The molecule has 8 nitrogen and oxygen atoms in total. The minimum absolute atomic E-state index is 0.0775. The lowest BCUT2D eigenvalue weighted by molar-refractivity contribution is -0.386. The zero-order valence-corrected chi connectivity index (χ0v) is 9.16. The molecule has 1 aromatic rings. The molecule has 0 amide bonds. The van der Waals surface area contributed by atoms with Crippen LogP contribution in [0.5, 0.6) is 5.88 Å². The van der Waals surface area contributed by atoms with Crippen LogP contribution >= 0.6 is 0 Å². The molecule has 3 N–H and O–H groups in total. The first-order chi connectivity index (χ1) is 8.10. The van der Waals surface area contributed by atoms with E-state index in [0.717, 1.165) is 6.07 Å². The molecule has 0 aliphatic heterocycles. The number of hydrogen-bond acceptors (Lipinski definition) is 6. The van der Waals surface area contributed by atoms with Gasteiger partial charge in [0, 0.05) is 17.8 Å². The zero-order chi connectivity index (χ0) is 12.8. The van der Waals surface area contributed by atoms with Gasteiger partial charge >= 0.3 is 5.69 Å². The summed E-state index contributed by atoms with van der Waals surface area (Å²) in [6.07, 6.45) is 1.95. The number of aromatic nitrogens is 1. The molecule has 0 unspecified atom stereocenters. The van der Waals surface area contributed by atoms with Crippen LogP contribution in [-0.2, 0) is 0 Å². The SMILES string of the molecule is CCCOc1ncc(C(N)=NO)cc1[N+](=O)[O-]. The lowest BCUT2D eigenvalue weighted by Gasteiger charge is -2.05. The summed E-state index contributed by atoms with van der Waals surface area (Å²) in [5.74, 6) is -0.325. The van der Waals surface area contributed by atoms with E-state index < -0.39 is 4.92 Å². The summed E-state index contributed by atoms with van der Waals surface area (Å²) >= 11 is 0. The van der Waals surface area contributed by atoms with Crippen LogP contribution in [0.3, 0.4) is 0 Å². The predicted octanol–water partition coefficient (Wildman–Crippen LogP) is 0.873. The first-order valence-corrected chi connectivity index (χ1v) is 4.85.